The number of para-hydroxylation sites is 1. The molecule has 98 valence electrons. The van der Waals surface area contributed by atoms with Gasteiger partial charge in [0, 0.05) is 10.9 Å². The summed E-state index contributed by atoms with van der Waals surface area (Å²) in [5, 5.41) is 5.51. The maximum atomic E-state index is 5.72. The average Bonchev–Trinajstić information content (AvgIpc) is 3.02. The van der Waals surface area contributed by atoms with E-state index in [1.54, 1.807) is 11.8 Å². The first kappa shape index (κ1) is 12.4. The number of thioether (sulfide) groups is 1. The van der Waals surface area contributed by atoms with Gasteiger partial charge in [0.2, 0.25) is 0 Å². The van der Waals surface area contributed by atoms with E-state index in [1.807, 2.05) is 25.2 Å². The molecule has 0 amide bonds. The number of benzene rings is 1. The number of aromatic nitrogens is 1. The fourth-order valence-corrected chi connectivity index (χ4v) is 2.89. The van der Waals surface area contributed by atoms with Crippen LogP contribution in [0, 0.1) is 0 Å². The molecule has 3 aromatic rings. The van der Waals surface area contributed by atoms with Crippen molar-refractivity contribution in [2.75, 3.05) is 7.05 Å². The van der Waals surface area contributed by atoms with Crippen LogP contribution >= 0.6 is 11.8 Å². The molecule has 2 aromatic heterocycles. The smallest absolute Gasteiger partial charge is 0.117 e. The Labute approximate surface area is 116 Å². The van der Waals surface area contributed by atoms with Crippen LogP contribution in [0.3, 0.4) is 0 Å². The molecule has 0 aliphatic heterocycles. The van der Waals surface area contributed by atoms with E-state index in [0.717, 1.165) is 23.8 Å². The second-order valence-electron chi connectivity index (χ2n) is 4.41. The van der Waals surface area contributed by atoms with Crippen LogP contribution in [0.4, 0.5) is 0 Å². The molecule has 1 aromatic carbocycles. The van der Waals surface area contributed by atoms with Crippen molar-refractivity contribution >= 4 is 22.7 Å². The third kappa shape index (κ3) is 2.85. The number of hydrogen-bond acceptors (Lipinski definition) is 3. The zero-order valence-corrected chi connectivity index (χ0v) is 11.6. The van der Waals surface area contributed by atoms with Crippen LogP contribution in [0.1, 0.15) is 11.5 Å². The molecule has 0 bridgehead atoms. The van der Waals surface area contributed by atoms with Gasteiger partial charge in [-0.05, 0) is 31.3 Å². The lowest BCUT2D eigenvalue weighted by atomic mass is 10.3. The van der Waals surface area contributed by atoms with E-state index in [9.17, 15) is 0 Å². The Morgan fingerprint density at radius 3 is 2.84 bits per heavy atom. The molecule has 0 aliphatic carbocycles. The van der Waals surface area contributed by atoms with Gasteiger partial charge in [-0.2, -0.15) is 0 Å². The fraction of sp³-hybridized carbons (Fsp3) is 0.200. The van der Waals surface area contributed by atoms with Crippen LogP contribution in [0.15, 0.2) is 51.9 Å². The van der Waals surface area contributed by atoms with Crippen molar-refractivity contribution in [2.24, 2.45) is 0 Å². The highest BCUT2D eigenvalue weighted by molar-refractivity contribution is 7.98. The number of furan rings is 1. The average molecular weight is 272 g/mol. The Hall–Kier alpha value is -1.65. The van der Waals surface area contributed by atoms with E-state index in [-0.39, 0.29) is 0 Å². The van der Waals surface area contributed by atoms with E-state index in [4.69, 9.17) is 4.42 Å². The summed E-state index contributed by atoms with van der Waals surface area (Å²) in [6.45, 7) is 0.775. The lowest BCUT2D eigenvalue weighted by Crippen LogP contribution is -2.03. The zero-order chi connectivity index (χ0) is 13.1. The van der Waals surface area contributed by atoms with Gasteiger partial charge in [0.05, 0.1) is 17.3 Å². The van der Waals surface area contributed by atoms with Gasteiger partial charge in [-0.25, -0.2) is 0 Å². The van der Waals surface area contributed by atoms with Crippen molar-refractivity contribution in [1.82, 2.24) is 10.3 Å². The minimum atomic E-state index is 0.775. The monoisotopic (exact) mass is 272 g/mol. The quantitative estimate of drug-likeness (QED) is 0.695. The van der Waals surface area contributed by atoms with E-state index >= 15 is 0 Å². The Morgan fingerprint density at radius 1 is 1.16 bits per heavy atom. The summed E-state index contributed by atoms with van der Waals surface area (Å²) in [6, 6.07) is 14.6. The summed E-state index contributed by atoms with van der Waals surface area (Å²) in [7, 11) is 1.92. The molecule has 19 heavy (non-hydrogen) atoms. The van der Waals surface area contributed by atoms with E-state index in [2.05, 4.69) is 34.6 Å². The van der Waals surface area contributed by atoms with Gasteiger partial charge in [0.15, 0.2) is 0 Å². The van der Waals surface area contributed by atoms with Crippen molar-refractivity contribution < 1.29 is 4.42 Å². The SMILES string of the molecule is CNCc1ccc(CSc2cc3ccccc3[nH]2)o1. The van der Waals surface area contributed by atoms with Gasteiger partial charge in [0.1, 0.15) is 11.5 Å². The number of hydrogen-bond donors (Lipinski definition) is 2. The van der Waals surface area contributed by atoms with Gasteiger partial charge in [-0.3, -0.25) is 0 Å². The highest BCUT2D eigenvalue weighted by atomic mass is 32.2. The molecule has 0 saturated carbocycles. The Bertz CT molecular complexity index is 638. The predicted molar refractivity (Wildman–Crippen MR) is 79.3 cm³/mol. The van der Waals surface area contributed by atoms with E-state index in [1.165, 1.54) is 15.9 Å². The van der Waals surface area contributed by atoms with Crippen molar-refractivity contribution in [3.63, 3.8) is 0 Å². The molecular weight excluding hydrogens is 256 g/mol. The zero-order valence-electron chi connectivity index (χ0n) is 10.8. The molecule has 4 heteroatoms. The van der Waals surface area contributed by atoms with Crippen molar-refractivity contribution in [2.45, 2.75) is 17.3 Å². The molecule has 0 saturated heterocycles. The van der Waals surface area contributed by atoms with E-state index < -0.39 is 0 Å². The fourth-order valence-electron chi connectivity index (χ4n) is 2.04. The van der Waals surface area contributed by atoms with Gasteiger partial charge >= 0.3 is 0 Å². The molecule has 0 unspecified atom stereocenters. The third-order valence-corrected chi connectivity index (χ3v) is 3.90. The van der Waals surface area contributed by atoms with Crippen molar-refractivity contribution in [3.8, 4) is 0 Å². The van der Waals surface area contributed by atoms with Gasteiger partial charge in [0.25, 0.3) is 0 Å². The summed E-state index contributed by atoms with van der Waals surface area (Å²) < 4.78 is 5.72. The summed E-state index contributed by atoms with van der Waals surface area (Å²) in [5.74, 6) is 2.83. The van der Waals surface area contributed by atoms with Crippen LogP contribution in [0.25, 0.3) is 10.9 Å². The van der Waals surface area contributed by atoms with Crippen molar-refractivity contribution in [1.29, 1.82) is 0 Å². The molecule has 3 rings (SSSR count). The summed E-state index contributed by atoms with van der Waals surface area (Å²) in [6.07, 6.45) is 0. The largest absolute Gasteiger partial charge is 0.464 e. The molecule has 2 heterocycles. The van der Waals surface area contributed by atoms with Crippen LogP contribution in [-0.4, -0.2) is 12.0 Å². The highest BCUT2D eigenvalue weighted by Crippen LogP contribution is 2.26. The van der Waals surface area contributed by atoms with Gasteiger partial charge < -0.3 is 14.7 Å². The Kier molecular flexibility index (Phi) is 3.62. The van der Waals surface area contributed by atoms with Crippen LogP contribution < -0.4 is 5.32 Å². The first-order valence-electron chi connectivity index (χ1n) is 6.28. The molecule has 0 radical (unpaired) electrons. The standard InChI is InChI=1S/C15H16N2OS/c1-16-9-12-6-7-13(18-12)10-19-15-8-11-4-2-3-5-14(11)17-15/h2-8,16-17H,9-10H2,1H3. The number of nitrogens with one attached hydrogen (secondary N) is 2. The van der Waals surface area contributed by atoms with Gasteiger partial charge in [-0.15, -0.1) is 11.8 Å². The lowest BCUT2D eigenvalue weighted by molar-refractivity contribution is 0.469. The van der Waals surface area contributed by atoms with Crippen LogP contribution in [0.2, 0.25) is 0 Å². The van der Waals surface area contributed by atoms with Crippen LogP contribution in [-0.2, 0) is 12.3 Å². The minimum absolute atomic E-state index is 0.775. The Balaban J connectivity index is 1.67. The molecule has 3 nitrogen and oxygen atoms in total. The third-order valence-electron chi connectivity index (χ3n) is 2.94. The Morgan fingerprint density at radius 2 is 2.00 bits per heavy atom. The second-order valence-corrected chi connectivity index (χ2v) is 5.43. The summed E-state index contributed by atoms with van der Waals surface area (Å²) >= 11 is 1.76. The van der Waals surface area contributed by atoms with E-state index in [0.29, 0.717) is 0 Å². The molecule has 2 N–H and O–H groups in total. The molecular formula is C15H16N2OS. The summed E-state index contributed by atoms with van der Waals surface area (Å²) in [4.78, 5) is 3.41. The molecule has 0 spiro atoms. The van der Waals surface area contributed by atoms with Crippen molar-refractivity contribution in [3.05, 3.63) is 54.0 Å². The first-order chi connectivity index (χ1) is 9.35. The first-order valence-corrected chi connectivity index (χ1v) is 7.26. The highest BCUT2D eigenvalue weighted by Gasteiger charge is 2.04. The van der Waals surface area contributed by atoms with Crippen LogP contribution in [0.5, 0.6) is 0 Å². The van der Waals surface area contributed by atoms with Gasteiger partial charge in [-0.1, -0.05) is 18.2 Å². The number of rotatable bonds is 5. The predicted octanol–water partition coefficient (Wildman–Crippen LogP) is 3.77. The molecule has 0 aliphatic rings. The topological polar surface area (TPSA) is 41.0 Å². The minimum Gasteiger partial charge on any atom is -0.464 e. The second kappa shape index (κ2) is 5.55. The number of aromatic amines is 1. The maximum Gasteiger partial charge on any atom is 0.117 e. The lowest BCUT2D eigenvalue weighted by Gasteiger charge is -1.96. The number of H-pyrrole nitrogens is 1. The molecule has 0 fully saturated rings. The number of fused-ring (bicyclic) bond motifs is 1. The maximum absolute atomic E-state index is 5.72. The molecule has 0 atom stereocenters. The normalized spacial score (nSPS) is 11.2. The summed E-state index contributed by atoms with van der Waals surface area (Å²) in [5.41, 5.74) is 1.18.